The van der Waals surface area contributed by atoms with Gasteiger partial charge in [-0.25, -0.2) is 9.03 Å². The van der Waals surface area contributed by atoms with Gasteiger partial charge in [-0.3, -0.25) is 9.59 Å². The Bertz CT molecular complexity index is 988. The van der Waals surface area contributed by atoms with Crippen molar-refractivity contribution in [2.24, 2.45) is 0 Å². The molecule has 0 saturated carbocycles. The molecule has 0 aromatic heterocycles. The van der Waals surface area contributed by atoms with Gasteiger partial charge < -0.3 is 10.1 Å². The average Bonchev–Trinajstić information content (AvgIpc) is 2.86. The molecule has 3 rings (SSSR count). The maximum atomic E-state index is 12.1. The molecule has 1 aliphatic heterocycles. The van der Waals surface area contributed by atoms with Gasteiger partial charge in [-0.1, -0.05) is 12.1 Å². The maximum absolute atomic E-state index is 12.1. The minimum Gasteiger partial charge on any atom is -0.496 e. The summed E-state index contributed by atoms with van der Waals surface area (Å²) in [6.45, 7) is 1.14. The van der Waals surface area contributed by atoms with Crippen molar-refractivity contribution < 1.29 is 22.7 Å². The quantitative estimate of drug-likeness (QED) is 0.843. The summed E-state index contributed by atoms with van der Waals surface area (Å²) in [6, 6.07) is 11.9. The summed E-state index contributed by atoms with van der Waals surface area (Å²) in [6.07, 6.45) is 0. The highest BCUT2D eigenvalue weighted by atomic mass is 32.2. The molecule has 0 aliphatic carbocycles. The van der Waals surface area contributed by atoms with Gasteiger partial charge in [-0.05, 0) is 35.9 Å². The topological polar surface area (TPSA) is 105 Å². The second-order valence-electron chi connectivity index (χ2n) is 5.68. The van der Waals surface area contributed by atoms with E-state index in [9.17, 15) is 18.0 Å². The standard InChI is InChI=1S/C17H17N3O5S/c1-11(21)18-13-5-3-4-12(8-13)15-9-14(6-7-16(15)25-2)20-10-17(22)19-26(20,23)24/h3-9H,10H2,1-2H3,(H,18,21)(H,19,22). The van der Waals surface area contributed by atoms with Crippen molar-refractivity contribution in [1.82, 2.24) is 4.72 Å². The highest BCUT2D eigenvalue weighted by Crippen LogP contribution is 2.35. The minimum absolute atomic E-state index is 0.199. The van der Waals surface area contributed by atoms with Crippen LogP contribution in [-0.2, 0) is 19.8 Å². The maximum Gasteiger partial charge on any atom is 0.326 e. The Balaban J connectivity index is 2.07. The molecule has 1 aliphatic rings. The molecule has 0 radical (unpaired) electrons. The molecule has 8 nitrogen and oxygen atoms in total. The highest BCUT2D eigenvalue weighted by molar-refractivity contribution is 7.92. The van der Waals surface area contributed by atoms with Crippen LogP contribution in [0.3, 0.4) is 0 Å². The van der Waals surface area contributed by atoms with Crippen LogP contribution >= 0.6 is 0 Å². The van der Waals surface area contributed by atoms with Gasteiger partial charge in [0.1, 0.15) is 12.3 Å². The van der Waals surface area contributed by atoms with Crippen molar-refractivity contribution in [3.8, 4) is 16.9 Å². The third kappa shape index (κ3) is 3.47. The smallest absolute Gasteiger partial charge is 0.326 e. The van der Waals surface area contributed by atoms with Crippen LogP contribution in [0.1, 0.15) is 6.92 Å². The predicted octanol–water partition coefficient (Wildman–Crippen LogP) is 1.50. The van der Waals surface area contributed by atoms with Crippen LogP contribution < -0.4 is 19.1 Å². The van der Waals surface area contributed by atoms with Gasteiger partial charge in [0.2, 0.25) is 5.91 Å². The number of nitrogens with zero attached hydrogens (tertiary/aromatic N) is 1. The van der Waals surface area contributed by atoms with Crippen molar-refractivity contribution in [2.75, 3.05) is 23.3 Å². The summed E-state index contributed by atoms with van der Waals surface area (Å²) in [5.41, 5.74) is 2.30. The summed E-state index contributed by atoms with van der Waals surface area (Å²) >= 11 is 0. The van der Waals surface area contributed by atoms with Crippen molar-refractivity contribution >= 4 is 33.4 Å². The first-order valence-corrected chi connectivity index (χ1v) is 9.13. The van der Waals surface area contributed by atoms with Crippen LogP contribution in [0, 0.1) is 0 Å². The van der Waals surface area contributed by atoms with Gasteiger partial charge in [-0.2, -0.15) is 8.42 Å². The number of nitrogens with one attached hydrogen (secondary N) is 2. The Morgan fingerprint density at radius 1 is 1.23 bits per heavy atom. The lowest BCUT2D eigenvalue weighted by Gasteiger charge is -2.18. The van der Waals surface area contributed by atoms with Crippen molar-refractivity contribution in [3.63, 3.8) is 0 Å². The monoisotopic (exact) mass is 375 g/mol. The second kappa shape index (κ2) is 6.68. The Labute approximate surface area is 150 Å². The molecule has 1 heterocycles. The van der Waals surface area contributed by atoms with Gasteiger partial charge in [0.25, 0.3) is 5.91 Å². The molecule has 2 aromatic rings. The lowest BCUT2D eigenvalue weighted by molar-refractivity contribution is -0.117. The first-order chi connectivity index (χ1) is 12.3. The van der Waals surface area contributed by atoms with E-state index in [1.165, 1.54) is 14.0 Å². The average molecular weight is 375 g/mol. The lowest BCUT2D eigenvalue weighted by atomic mass is 10.0. The van der Waals surface area contributed by atoms with Crippen LogP contribution in [-0.4, -0.2) is 33.9 Å². The molecule has 0 unspecified atom stereocenters. The van der Waals surface area contributed by atoms with Crippen LogP contribution in [0.4, 0.5) is 11.4 Å². The van der Waals surface area contributed by atoms with Crippen molar-refractivity contribution in [3.05, 3.63) is 42.5 Å². The predicted molar refractivity (Wildman–Crippen MR) is 97.1 cm³/mol. The molecule has 0 spiro atoms. The summed E-state index contributed by atoms with van der Waals surface area (Å²) in [5, 5.41) is 2.70. The third-order valence-corrected chi connectivity index (χ3v) is 5.19. The van der Waals surface area contributed by atoms with Crippen molar-refractivity contribution in [1.29, 1.82) is 0 Å². The fourth-order valence-electron chi connectivity index (χ4n) is 2.72. The van der Waals surface area contributed by atoms with Crippen LogP contribution in [0.25, 0.3) is 11.1 Å². The Morgan fingerprint density at radius 2 is 2.00 bits per heavy atom. The van der Waals surface area contributed by atoms with Crippen LogP contribution in [0.15, 0.2) is 42.5 Å². The van der Waals surface area contributed by atoms with E-state index in [4.69, 9.17) is 4.74 Å². The van der Waals surface area contributed by atoms with E-state index in [1.807, 2.05) is 10.8 Å². The molecule has 136 valence electrons. The number of hydrogen-bond donors (Lipinski definition) is 2. The van der Waals surface area contributed by atoms with E-state index in [1.54, 1.807) is 36.4 Å². The zero-order valence-corrected chi connectivity index (χ0v) is 15.0. The van der Waals surface area contributed by atoms with E-state index >= 15 is 0 Å². The van der Waals surface area contributed by atoms with Crippen LogP contribution in [0.5, 0.6) is 5.75 Å². The molecule has 1 saturated heterocycles. The largest absolute Gasteiger partial charge is 0.496 e. The second-order valence-corrected chi connectivity index (χ2v) is 7.28. The summed E-state index contributed by atoms with van der Waals surface area (Å²) in [5.74, 6) is -0.254. The zero-order valence-electron chi connectivity index (χ0n) is 14.1. The number of methoxy groups -OCH3 is 1. The highest BCUT2D eigenvalue weighted by Gasteiger charge is 2.34. The van der Waals surface area contributed by atoms with Gasteiger partial charge in [-0.15, -0.1) is 0 Å². The normalized spacial score (nSPS) is 15.5. The number of rotatable bonds is 4. The van der Waals surface area contributed by atoms with Gasteiger partial charge in [0, 0.05) is 18.2 Å². The molecule has 2 N–H and O–H groups in total. The molecule has 0 bridgehead atoms. The Hall–Kier alpha value is -3.07. The molecule has 9 heteroatoms. The number of hydrogen-bond acceptors (Lipinski definition) is 5. The summed E-state index contributed by atoms with van der Waals surface area (Å²) in [7, 11) is -2.39. The minimum atomic E-state index is -3.90. The van der Waals surface area contributed by atoms with Crippen molar-refractivity contribution in [2.45, 2.75) is 6.92 Å². The van der Waals surface area contributed by atoms with E-state index in [-0.39, 0.29) is 12.5 Å². The molecule has 2 aromatic carbocycles. The fourth-order valence-corrected chi connectivity index (χ4v) is 3.86. The number of carbonyl (C=O) groups is 2. The van der Waals surface area contributed by atoms with Crippen LogP contribution in [0.2, 0.25) is 0 Å². The summed E-state index contributed by atoms with van der Waals surface area (Å²) in [4.78, 5) is 22.7. The molecular weight excluding hydrogens is 358 g/mol. The number of benzene rings is 2. The van der Waals surface area contributed by atoms with E-state index in [0.29, 0.717) is 22.7 Å². The Morgan fingerprint density at radius 3 is 2.62 bits per heavy atom. The number of ether oxygens (including phenoxy) is 1. The SMILES string of the molecule is COc1ccc(N2CC(=O)NS2(=O)=O)cc1-c1cccc(NC(C)=O)c1. The molecule has 26 heavy (non-hydrogen) atoms. The van der Waals surface area contributed by atoms with Gasteiger partial charge in [0.15, 0.2) is 0 Å². The number of amides is 2. The molecule has 1 fully saturated rings. The Kier molecular flexibility index (Phi) is 4.56. The number of anilines is 2. The van der Waals surface area contributed by atoms with E-state index in [2.05, 4.69) is 5.32 Å². The van der Waals surface area contributed by atoms with E-state index < -0.39 is 16.1 Å². The summed E-state index contributed by atoms with van der Waals surface area (Å²) < 4.78 is 32.4. The van der Waals surface area contributed by atoms with Gasteiger partial charge in [0.05, 0.1) is 12.8 Å². The lowest BCUT2D eigenvalue weighted by Crippen LogP contribution is -2.29. The number of carbonyl (C=O) groups excluding carboxylic acids is 2. The van der Waals surface area contributed by atoms with Gasteiger partial charge >= 0.3 is 10.2 Å². The van der Waals surface area contributed by atoms with E-state index in [0.717, 1.165) is 9.87 Å². The molecule has 0 atom stereocenters. The third-order valence-electron chi connectivity index (χ3n) is 3.79. The molecule has 2 amide bonds. The molecular formula is C17H17N3O5S. The fraction of sp³-hybridized carbons (Fsp3) is 0.176. The first-order valence-electron chi connectivity index (χ1n) is 7.69. The zero-order chi connectivity index (χ0) is 18.9. The first kappa shape index (κ1) is 17.7.